The Morgan fingerprint density at radius 3 is 2.26 bits per heavy atom. The van der Waals surface area contributed by atoms with Crippen molar-refractivity contribution in [1.82, 2.24) is 5.32 Å². The SMILES string of the molecule is Cc1ccc(S(=O)(=O)N(CC(=O)NCCOc2ccccc2C(C)(C)C)c2ccccc2Cl)cc1. The number of benzene rings is 3. The molecule has 0 unspecified atom stereocenters. The number of para-hydroxylation sites is 2. The molecule has 1 N–H and O–H groups in total. The molecule has 0 aliphatic carbocycles. The molecule has 0 aliphatic heterocycles. The van der Waals surface area contributed by atoms with Crippen LogP contribution in [0, 0.1) is 6.92 Å². The number of rotatable bonds is 9. The van der Waals surface area contributed by atoms with E-state index in [1.165, 1.54) is 12.1 Å². The second kappa shape index (κ2) is 11.1. The number of hydrogen-bond donors (Lipinski definition) is 1. The maximum Gasteiger partial charge on any atom is 0.264 e. The summed E-state index contributed by atoms with van der Waals surface area (Å²) in [5.41, 5.74) is 2.15. The van der Waals surface area contributed by atoms with E-state index in [1.807, 2.05) is 31.2 Å². The fraction of sp³-hybridized carbons (Fsp3) is 0.296. The molecule has 3 aromatic carbocycles. The first-order valence-electron chi connectivity index (χ1n) is 11.3. The van der Waals surface area contributed by atoms with E-state index in [0.717, 1.165) is 21.2 Å². The lowest BCUT2D eigenvalue weighted by Gasteiger charge is -2.25. The minimum Gasteiger partial charge on any atom is -0.491 e. The Morgan fingerprint density at radius 2 is 1.60 bits per heavy atom. The zero-order valence-corrected chi connectivity index (χ0v) is 22.0. The Labute approximate surface area is 212 Å². The fourth-order valence-corrected chi connectivity index (χ4v) is 5.27. The predicted molar refractivity (Wildman–Crippen MR) is 141 cm³/mol. The highest BCUT2D eigenvalue weighted by Gasteiger charge is 2.28. The van der Waals surface area contributed by atoms with Gasteiger partial charge in [-0.2, -0.15) is 0 Å². The molecular formula is C27H31ClN2O4S. The summed E-state index contributed by atoms with van der Waals surface area (Å²) < 4.78 is 33.8. The van der Waals surface area contributed by atoms with Crippen LogP contribution in [0.1, 0.15) is 31.9 Å². The fourth-order valence-electron chi connectivity index (χ4n) is 3.54. The zero-order valence-electron chi connectivity index (χ0n) is 20.4. The highest BCUT2D eigenvalue weighted by Crippen LogP contribution is 2.31. The maximum absolute atomic E-state index is 13.4. The summed E-state index contributed by atoms with van der Waals surface area (Å²) in [6.07, 6.45) is 0. The van der Waals surface area contributed by atoms with Gasteiger partial charge in [0.05, 0.1) is 22.2 Å². The minimum atomic E-state index is -4.03. The smallest absolute Gasteiger partial charge is 0.264 e. The molecule has 3 rings (SSSR count). The summed E-state index contributed by atoms with van der Waals surface area (Å²) in [6, 6.07) is 20.8. The molecule has 6 nitrogen and oxygen atoms in total. The van der Waals surface area contributed by atoms with Crippen molar-refractivity contribution in [2.45, 2.75) is 38.0 Å². The average molecular weight is 515 g/mol. The van der Waals surface area contributed by atoms with Crippen molar-refractivity contribution >= 4 is 33.2 Å². The average Bonchev–Trinajstić information content (AvgIpc) is 2.81. The molecule has 35 heavy (non-hydrogen) atoms. The number of amides is 1. The van der Waals surface area contributed by atoms with Gasteiger partial charge in [-0.15, -0.1) is 0 Å². The standard InChI is InChI=1S/C27H31ClN2O4S/c1-20-13-15-21(16-14-20)35(32,33)30(24-11-7-6-10-23(24)28)19-26(31)29-17-18-34-25-12-8-5-9-22(25)27(2,3)4/h5-16H,17-19H2,1-4H3,(H,29,31). The van der Waals surface area contributed by atoms with Crippen LogP contribution in [-0.2, 0) is 20.2 Å². The molecule has 1 amide bonds. The van der Waals surface area contributed by atoms with Crippen molar-refractivity contribution in [2.75, 3.05) is 24.0 Å². The lowest BCUT2D eigenvalue weighted by molar-refractivity contribution is -0.119. The lowest BCUT2D eigenvalue weighted by Crippen LogP contribution is -2.42. The van der Waals surface area contributed by atoms with Crippen LogP contribution in [0.2, 0.25) is 5.02 Å². The summed E-state index contributed by atoms with van der Waals surface area (Å²) in [7, 11) is -4.03. The molecule has 0 saturated carbocycles. The molecule has 0 radical (unpaired) electrons. The van der Waals surface area contributed by atoms with Crippen molar-refractivity contribution in [1.29, 1.82) is 0 Å². The van der Waals surface area contributed by atoms with E-state index in [1.54, 1.807) is 36.4 Å². The normalized spacial score (nSPS) is 11.7. The minimum absolute atomic E-state index is 0.0814. The monoisotopic (exact) mass is 514 g/mol. The first-order chi connectivity index (χ1) is 16.5. The van der Waals surface area contributed by atoms with E-state index in [9.17, 15) is 13.2 Å². The van der Waals surface area contributed by atoms with Crippen LogP contribution < -0.4 is 14.4 Å². The van der Waals surface area contributed by atoms with Crippen LogP contribution in [0.5, 0.6) is 5.75 Å². The Balaban J connectivity index is 1.71. The second-order valence-electron chi connectivity index (χ2n) is 9.22. The third kappa shape index (κ3) is 6.77. The van der Waals surface area contributed by atoms with Crippen molar-refractivity contribution < 1.29 is 17.9 Å². The molecule has 0 spiro atoms. The summed E-state index contributed by atoms with van der Waals surface area (Å²) >= 11 is 6.31. The molecule has 0 fully saturated rings. The Bertz CT molecular complexity index is 1270. The molecule has 0 aromatic heterocycles. The van der Waals surface area contributed by atoms with Crippen molar-refractivity contribution in [3.63, 3.8) is 0 Å². The third-order valence-electron chi connectivity index (χ3n) is 5.39. The van der Waals surface area contributed by atoms with Crippen molar-refractivity contribution in [3.8, 4) is 5.75 Å². The topological polar surface area (TPSA) is 75.7 Å². The van der Waals surface area contributed by atoms with Gasteiger partial charge in [-0.05, 0) is 48.2 Å². The Morgan fingerprint density at radius 1 is 0.971 bits per heavy atom. The summed E-state index contributed by atoms with van der Waals surface area (Å²) in [5.74, 6) is 0.294. The van der Waals surface area contributed by atoms with Crippen LogP contribution in [0.25, 0.3) is 0 Å². The number of aryl methyl sites for hydroxylation is 1. The molecule has 0 saturated heterocycles. The molecule has 0 aliphatic rings. The number of hydrogen-bond acceptors (Lipinski definition) is 4. The molecule has 0 heterocycles. The van der Waals surface area contributed by atoms with Crippen LogP contribution in [0.15, 0.2) is 77.7 Å². The van der Waals surface area contributed by atoms with E-state index in [4.69, 9.17) is 16.3 Å². The lowest BCUT2D eigenvalue weighted by atomic mass is 9.86. The molecule has 0 atom stereocenters. The van der Waals surface area contributed by atoms with Crippen LogP contribution >= 0.6 is 11.6 Å². The number of nitrogens with one attached hydrogen (secondary N) is 1. The van der Waals surface area contributed by atoms with Gasteiger partial charge in [0, 0.05) is 0 Å². The van der Waals surface area contributed by atoms with Gasteiger partial charge in [0.25, 0.3) is 10.0 Å². The second-order valence-corrected chi connectivity index (χ2v) is 11.5. The Kier molecular flexibility index (Phi) is 8.46. The van der Waals surface area contributed by atoms with Crippen molar-refractivity contribution in [2.24, 2.45) is 0 Å². The van der Waals surface area contributed by atoms with E-state index in [-0.39, 0.29) is 34.2 Å². The van der Waals surface area contributed by atoms with Gasteiger partial charge in [-0.3, -0.25) is 9.10 Å². The van der Waals surface area contributed by atoms with Crippen LogP contribution in [-0.4, -0.2) is 34.0 Å². The zero-order chi connectivity index (χ0) is 25.6. The highest BCUT2D eigenvalue weighted by atomic mass is 35.5. The van der Waals surface area contributed by atoms with E-state index in [0.29, 0.717) is 0 Å². The molecular weight excluding hydrogens is 484 g/mol. The van der Waals surface area contributed by atoms with Crippen LogP contribution in [0.3, 0.4) is 0 Å². The largest absolute Gasteiger partial charge is 0.491 e. The van der Waals surface area contributed by atoms with E-state index in [2.05, 4.69) is 26.1 Å². The van der Waals surface area contributed by atoms with Gasteiger partial charge in [0.2, 0.25) is 5.91 Å². The van der Waals surface area contributed by atoms with Gasteiger partial charge in [-0.25, -0.2) is 8.42 Å². The number of carbonyl (C=O) groups is 1. The summed E-state index contributed by atoms with van der Waals surface area (Å²) in [5, 5.41) is 2.98. The number of carbonyl (C=O) groups excluding carboxylic acids is 1. The van der Waals surface area contributed by atoms with Crippen molar-refractivity contribution in [3.05, 3.63) is 88.9 Å². The quantitative estimate of drug-likeness (QED) is 0.391. The van der Waals surface area contributed by atoms with E-state index >= 15 is 0 Å². The molecule has 3 aromatic rings. The first kappa shape index (κ1) is 26.6. The molecule has 0 bridgehead atoms. The first-order valence-corrected chi connectivity index (χ1v) is 13.1. The summed E-state index contributed by atoms with van der Waals surface area (Å²) in [4.78, 5) is 12.9. The highest BCUT2D eigenvalue weighted by molar-refractivity contribution is 7.92. The molecule has 8 heteroatoms. The van der Waals surface area contributed by atoms with Crippen LogP contribution in [0.4, 0.5) is 5.69 Å². The number of sulfonamides is 1. The predicted octanol–water partition coefficient (Wildman–Crippen LogP) is 5.34. The van der Waals surface area contributed by atoms with E-state index < -0.39 is 22.5 Å². The van der Waals surface area contributed by atoms with Gasteiger partial charge in [0.1, 0.15) is 18.9 Å². The number of ether oxygens (including phenoxy) is 1. The number of nitrogens with zero attached hydrogens (tertiary/aromatic N) is 1. The number of halogens is 1. The van der Waals surface area contributed by atoms with Gasteiger partial charge >= 0.3 is 0 Å². The van der Waals surface area contributed by atoms with Gasteiger partial charge in [0.15, 0.2) is 0 Å². The van der Waals surface area contributed by atoms with Gasteiger partial charge < -0.3 is 10.1 Å². The maximum atomic E-state index is 13.4. The molecule has 186 valence electrons. The third-order valence-corrected chi connectivity index (χ3v) is 7.49. The Hall–Kier alpha value is -3.03. The number of anilines is 1. The van der Waals surface area contributed by atoms with Gasteiger partial charge in [-0.1, -0.05) is 80.4 Å². The summed E-state index contributed by atoms with van der Waals surface area (Å²) in [6.45, 7) is 8.24.